The first-order valence-electron chi connectivity index (χ1n) is 5.90. The van der Waals surface area contributed by atoms with Gasteiger partial charge in [0, 0.05) is 10.9 Å². The van der Waals surface area contributed by atoms with E-state index in [1.165, 1.54) is 10.6 Å². The van der Waals surface area contributed by atoms with E-state index in [1.54, 1.807) is 18.4 Å². The molecule has 0 fully saturated rings. The molecule has 2 aromatic rings. The zero-order chi connectivity index (χ0) is 12.3. The quantitative estimate of drug-likeness (QED) is 0.816. The van der Waals surface area contributed by atoms with Gasteiger partial charge in [-0.05, 0) is 30.5 Å². The fourth-order valence-corrected chi connectivity index (χ4v) is 2.52. The zero-order valence-corrected chi connectivity index (χ0v) is 11.3. The number of aromatic nitrogens is 1. The van der Waals surface area contributed by atoms with Gasteiger partial charge in [-0.25, -0.2) is 4.98 Å². The van der Waals surface area contributed by atoms with Crippen LogP contribution < -0.4 is 4.74 Å². The summed E-state index contributed by atoms with van der Waals surface area (Å²) in [5.41, 5.74) is 3.44. The molecule has 0 saturated heterocycles. The van der Waals surface area contributed by atoms with Crippen LogP contribution in [0.2, 0.25) is 0 Å². The highest BCUT2D eigenvalue weighted by Gasteiger charge is 2.10. The average Bonchev–Trinajstić information content (AvgIpc) is 2.86. The van der Waals surface area contributed by atoms with E-state index in [4.69, 9.17) is 4.74 Å². The van der Waals surface area contributed by atoms with Gasteiger partial charge >= 0.3 is 0 Å². The SMILES string of the molecule is CCc1ccc(OC)c(-c2csc(CC)n2)c1. The third-order valence-corrected chi connectivity index (χ3v) is 3.80. The van der Waals surface area contributed by atoms with Gasteiger partial charge in [-0.3, -0.25) is 0 Å². The molecule has 1 aromatic carbocycles. The molecule has 0 bridgehead atoms. The first-order valence-corrected chi connectivity index (χ1v) is 6.78. The summed E-state index contributed by atoms with van der Waals surface area (Å²) in [7, 11) is 1.71. The molecule has 0 spiro atoms. The molecule has 0 aliphatic rings. The minimum Gasteiger partial charge on any atom is -0.496 e. The van der Waals surface area contributed by atoms with Crippen molar-refractivity contribution >= 4 is 11.3 Å². The summed E-state index contributed by atoms with van der Waals surface area (Å²) in [5.74, 6) is 0.898. The van der Waals surface area contributed by atoms with Gasteiger partial charge in [-0.1, -0.05) is 19.9 Å². The second kappa shape index (κ2) is 5.32. The number of thiazole rings is 1. The van der Waals surface area contributed by atoms with Crippen LogP contribution in [0.3, 0.4) is 0 Å². The van der Waals surface area contributed by atoms with E-state index in [2.05, 4.69) is 36.3 Å². The summed E-state index contributed by atoms with van der Waals surface area (Å²) in [6, 6.07) is 6.31. The molecular weight excluding hydrogens is 230 g/mol. The number of rotatable bonds is 4. The Kier molecular flexibility index (Phi) is 3.79. The van der Waals surface area contributed by atoms with Crippen molar-refractivity contribution in [2.24, 2.45) is 0 Å². The van der Waals surface area contributed by atoms with Crippen molar-refractivity contribution in [3.63, 3.8) is 0 Å². The van der Waals surface area contributed by atoms with Crippen molar-refractivity contribution in [2.45, 2.75) is 26.7 Å². The Hall–Kier alpha value is -1.35. The van der Waals surface area contributed by atoms with Crippen LogP contribution in [0.4, 0.5) is 0 Å². The number of methoxy groups -OCH3 is 1. The van der Waals surface area contributed by atoms with E-state index >= 15 is 0 Å². The number of aryl methyl sites for hydroxylation is 2. The maximum Gasteiger partial charge on any atom is 0.128 e. The van der Waals surface area contributed by atoms with E-state index in [1.807, 2.05) is 6.07 Å². The summed E-state index contributed by atoms with van der Waals surface area (Å²) in [5, 5.41) is 3.28. The highest BCUT2D eigenvalue weighted by atomic mass is 32.1. The molecule has 2 nitrogen and oxygen atoms in total. The van der Waals surface area contributed by atoms with Crippen LogP contribution in [0.1, 0.15) is 24.4 Å². The predicted molar refractivity (Wildman–Crippen MR) is 72.9 cm³/mol. The van der Waals surface area contributed by atoms with E-state index < -0.39 is 0 Å². The lowest BCUT2D eigenvalue weighted by Crippen LogP contribution is -1.91. The largest absolute Gasteiger partial charge is 0.496 e. The predicted octanol–water partition coefficient (Wildman–Crippen LogP) is 3.94. The Labute approximate surface area is 106 Å². The van der Waals surface area contributed by atoms with Crippen molar-refractivity contribution in [1.82, 2.24) is 4.98 Å². The Bertz CT molecular complexity index is 505. The molecule has 0 aliphatic heterocycles. The number of hydrogen-bond acceptors (Lipinski definition) is 3. The topological polar surface area (TPSA) is 22.1 Å². The lowest BCUT2D eigenvalue weighted by atomic mass is 10.1. The van der Waals surface area contributed by atoms with Crippen LogP contribution in [0.25, 0.3) is 11.3 Å². The normalized spacial score (nSPS) is 10.5. The number of ether oxygens (including phenoxy) is 1. The minimum atomic E-state index is 0.898. The van der Waals surface area contributed by atoms with Crippen LogP contribution in [0, 0.1) is 0 Å². The molecule has 90 valence electrons. The molecule has 0 saturated carbocycles. The maximum absolute atomic E-state index is 5.41. The van der Waals surface area contributed by atoms with Crippen LogP contribution >= 0.6 is 11.3 Å². The van der Waals surface area contributed by atoms with Crippen molar-refractivity contribution in [3.05, 3.63) is 34.2 Å². The Morgan fingerprint density at radius 2 is 2.06 bits per heavy atom. The van der Waals surface area contributed by atoms with Crippen LogP contribution in [0.15, 0.2) is 23.6 Å². The van der Waals surface area contributed by atoms with Gasteiger partial charge < -0.3 is 4.74 Å². The number of hydrogen-bond donors (Lipinski definition) is 0. The molecule has 1 heterocycles. The van der Waals surface area contributed by atoms with Gasteiger partial charge in [-0.15, -0.1) is 11.3 Å². The average molecular weight is 247 g/mol. The summed E-state index contributed by atoms with van der Waals surface area (Å²) < 4.78 is 5.41. The van der Waals surface area contributed by atoms with E-state index in [-0.39, 0.29) is 0 Å². The van der Waals surface area contributed by atoms with Crippen LogP contribution in [-0.4, -0.2) is 12.1 Å². The molecule has 2 rings (SSSR count). The van der Waals surface area contributed by atoms with E-state index in [9.17, 15) is 0 Å². The van der Waals surface area contributed by atoms with Crippen molar-refractivity contribution in [2.75, 3.05) is 7.11 Å². The smallest absolute Gasteiger partial charge is 0.128 e. The summed E-state index contributed by atoms with van der Waals surface area (Å²) in [4.78, 5) is 4.62. The molecular formula is C14H17NOS. The van der Waals surface area contributed by atoms with Gasteiger partial charge in [0.05, 0.1) is 17.8 Å². The molecule has 3 heteroatoms. The highest BCUT2D eigenvalue weighted by Crippen LogP contribution is 2.31. The number of nitrogens with zero attached hydrogens (tertiary/aromatic N) is 1. The standard InChI is InChI=1S/C14H17NOS/c1-4-10-6-7-13(16-3)11(8-10)12-9-17-14(5-2)15-12/h6-9H,4-5H2,1-3H3. The second-order valence-electron chi connectivity index (χ2n) is 3.87. The third kappa shape index (κ3) is 2.50. The molecule has 0 aliphatic carbocycles. The molecule has 17 heavy (non-hydrogen) atoms. The zero-order valence-electron chi connectivity index (χ0n) is 10.5. The van der Waals surface area contributed by atoms with E-state index in [0.29, 0.717) is 0 Å². The first kappa shape index (κ1) is 12.1. The molecule has 0 amide bonds. The van der Waals surface area contributed by atoms with Crippen LogP contribution in [0.5, 0.6) is 5.75 Å². The van der Waals surface area contributed by atoms with Crippen molar-refractivity contribution in [3.8, 4) is 17.0 Å². The number of benzene rings is 1. The molecule has 0 unspecified atom stereocenters. The summed E-state index contributed by atoms with van der Waals surface area (Å²) in [6.45, 7) is 4.28. The van der Waals surface area contributed by atoms with Gasteiger partial charge in [0.2, 0.25) is 0 Å². The summed E-state index contributed by atoms with van der Waals surface area (Å²) >= 11 is 1.71. The van der Waals surface area contributed by atoms with Crippen LogP contribution in [-0.2, 0) is 12.8 Å². The van der Waals surface area contributed by atoms with Gasteiger partial charge in [0.1, 0.15) is 5.75 Å². The lowest BCUT2D eigenvalue weighted by Gasteiger charge is -2.08. The molecule has 0 radical (unpaired) electrons. The van der Waals surface area contributed by atoms with Gasteiger partial charge in [0.15, 0.2) is 0 Å². The Balaban J connectivity index is 2.47. The Morgan fingerprint density at radius 1 is 1.24 bits per heavy atom. The van der Waals surface area contributed by atoms with E-state index in [0.717, 1.165) is 29.8 Å². The fourth-order valence-electron chi connectivity index (χ4n) is 1.77. The van der Waals surface area contributed by atoms with Crippen molar-refractivity contribution < 1.29 is 4.74 Å². The van der Waals surface area contributed by atoms with Gasteiger partial charge in [0.25, 0.3) is 0 Å². The minimum absolute atomic E-state index is 0.898. The first-order chi connectivity index (χ1) is 8.28. The molecule has 0 N–H and O–H groups in total. The highest BCUT2D eigenvalue weighted by molar-refractivity contribution is 7.09. The fraction of sp³-hybridized carbons (Fsp3) is 0.357. The van der Waals surface area contributed by atoms with Crippen molar-refractivity contribution in [1.29, 1.82) is 0 Å². The maximum atomic E-state index is 5.41. The van der Waals surface area contributed by atoms with Gasteiger partial charge in [-0.2, -0.15) is 0 Å². The molecule has 0 atom stereocenters. The Morgan fingerprint density at radius 3 is 2.65 bits per heavy atom. The summed E-state index contributed by atoms with van der Waals surface area (Å²) in [6.07, 6.45) is 2.02. The second-order valence-corrected chi connectivity index (χ2v) is 4.81. The monoisotopic (exact) mass is 247 g/mol. The third-order valence-electron chi connectivity index (χ3n) is 2.80. The lowest BCUT2D eigenvalue weighted by molar-refractivity contribution is 0.416. The molecule has 1 aromatic heterocycles.